The van der Waals surface area contributed by atoms with Crippen molar-refractivity contribution in [3.63, 3.8) is 0 Å². The third-order valence-electron chi connectivity index (χ3n) is 5.92. The number of nitrogen functional groups attached to an aromatic ring is 1. The summed E-state index contributed by atoms with van der Waals surface area (Å²) in [5.74, 6) is -1.88. The van der Waals surface area contributed by atoms with Gasteiger partial charge in [-0.25, -0.2) is 4.98 Å². The van der Waals surface area contributed by atoms with Crippen molar-refractivity contribution >= 4 is 17.1 Å². The van der Waals surface area contributed by atoms with E-state index in [0.29, 0.717) is 0 Å². The molecule has 6 atom stereocenters. The van der Waals surface area contributed by atoms with Gasteiger partial charge >= 0.3 is 0 Å². The first kappa shape index (κ1) is 20.8. The number of nitrogens with one attached hydrogen (secondary N) is 1. The highest BCUT2D eigenvalue weighted by Gasteiger charge is 2.62. The molecule has 31 heavy (non-hydrogen) atoms. The van der Waals surface area contributed by atoms with E-state index in [1.54, 1.807) is 20.8 Å². The summed E-state index contributed by atoms with van der Waals surface area (Å²) >= 11 is 0. The normalized spacial score (nSPS) is 39.1. The molecule has 170 valence electrons. The van der Waals surface area contributed by atoms with E-state index >= 15 is 0 Å². The van der Waals surface area contributed by atoms with Crippen molar-refractivity contribution in [2.75, 3.05) is 12.3 Å². The van der Waals surface area contributed by atoms with Crippen LogP contribution in [0, 0.1) is 0 Å². The van der Waals surface area contributed by atoms with Gasteiger partial charge in [-0.15, -0.1) is 0 Å². The van der Waals surface area contributed by atoms with Crippen molar-refractivity contribution < 1.29 is 28.8 Å². The molecule has 0 spiro atoms. The Morgan fingerprint density at radius 1 is 1.16 bits per heavy atom. The maximum absolute atomic E-state index is 12.3. The smallest absolute Gasteiger partial charge is 0.280 e. The van der Waals surface area contributed by atoms with Crippen molar-refractivity contribution in [2.45, 2.75) is 82.4 Å². The highest BCUT2D eigenvalue weighted by atomic mass is 16.8. The minimum absolute atomic E-state index is 0.0732. The number of ether oxygens (including phenoxy) is 5. The minimum Gasteiger partial charge on any atom is -0.383 e. The number of hydrogen-bond acceptors (Lipinski definition) is 10. The summed E-state index contributed by atoms with van der Waals surface area (Å²) in [6.07, 6.45) is -2.25. The Kier molecular flexibility index (Phi) is 4.34. The zero-order chi connectivity index (χ0) is 22.3. The molecule has 2 unspecified atom stereocenters. The molecule has 3 aliphatic heterocycles. The van der Waals surface area contributed by atoms with Gasteiger partial charge in [0.05, 0.1) is 12.9 Å². The predicted molar refractivity (Wildman–Crippen MR) is 106 cm³/mol. The van der Waals surface area contributed by atoms with E-state index < -0.39 is 53.4 Å². The van der Waals surface area contributed by atoms with Crippen molar-refractivity contribution in [3.8, 4) is 0 Å². The number of aromatic amines is 1. The largest absolute Gasteiger partial charge is 0.383 e. The molecule has 2 aromatic rings. The molecular formula is C19H27N5O7. The van der Waals surface area contributed by atoms with E-state index in [-0.39, 0.29) is 23.7 Å². The van der Waals surface area contributed by atoms with Crippen molar-refractivity contribution in [2.24, 2.45) is 0 Å². The second-order valence-electron chi connectivity index (χ2n) is 9.34. The lowest BCUT2D eigenvalue weighted by Crippen LogP contribution is -2.56. The van der Waals surface area contributed by atoms with Crippen LogP contribution in [0.1, 0.15) is 40.8 Å². The quantitative estimate of drug-likeness (QED) is 0.556. The molecule has 0 radical (unpaired) electrons. The number of aromatic nitrogens is 4. The molecule has 0 aliphatic carbocycles. The summed E-state index contributed by atoms with van der Waals surface area (Å²) in [6, 6.07) is 0. The summed E-state index contributed by atoms with van der Waals surface area (Å²) < 4.78 is 32.1. The van der Waals surface area contributed by atoms with Crippen LogP contribution in [-0.2, 0) is 23.7 Å². The number of anilines is 1. The molecule has 0 saturated carbocycles. The molecule has 3 saturated heterocycles. The summed E-state index contributed by atoms with van der Waals surface area (Å²) in [6.45, 7) is 8.97. The fourth-order valence-electron chi connectivity index (χ4n) is 4.60. The van der Waals surface area contributed by atoms with Crippen molar-refractivity contribution in [3.05, 3.63) is 16.7 Å². The Hall–Kier alpha value is -2.09. The number of nitrogens with two attached hydrogens (primary N) is 1. The fourth-order valence-corrected chi connectivity index (χ4v) is 4.60. The summed E-state index contributed by atoms with van der Waals surface area (Å²) in [5, 5.41) is 11.7. The maximum Gasteiger partial charge on any atom is 0.280 e. The molecule has 5 heterocycles. The number of aliphatic hydroxyl groups is 1. The SMILES string of the molecule is CC1(C)OCC2O[C@@H](n3cnc4c(=O)[nH]c(N)nc43)[C@](C)(O)C3OC(C)(C)O[C@H]3[C@@H]2O1. The predicted octanol–water partition coefficient (Wildman–Crippen LogP) is 0.0218. The molecule has 3 fully saturated rings. The molecule has 0 bridgehead atoms. The second-order valence-corrected chi connectivity index (χ2v) is 9.34. The van der Waals surface area contributed by atoms with Crippen LogP contribution < -0.4 is 11.3 Å². The Balaban J connectivity index is 1.65. The fraction of sp³-hybridized carbons (Fsp3) is 0.737. The average Bonchev–Trinajstić information content (AvgIpc) is 3.19. The molecule has 5 rings (SSSR count). The second kappa shape index (κ2) is 6.47. The van der Waals surface area contributed by atoms with E-state index in [0.717, 1.165) is 0 Å². The van der Waals surface area contributed by atoms with Crippen molar-refractivity contribution in [1.29, 1.82) is 0 Å². The molecule has 12 nitrogen and oxygen atoms in total. The zero-order valence-electron chi connectivity index (χ0n) is 18.0. The van der Waals surface area contributed by atoms with Crippen LogP contribution in [0.5, 0.6) is 0 Å². The van der Waals surface area contributed by atoms with Gasteiger partial charge in [0, 0.05) is 0 Å². The third-order valence-corrected chi connectivity index (χ3v) is 5.92. The molecule has 0 amide bonds. The zero-order valence-corrected chi connectivity index (χ0v) is 18.0. The summed E-state index contributed by atoms with van der Waals surface area (Å²) in [4.78, 5) is 23.0. The number of hydrogen-bond donors (Lipinski definition) is 3. The Morgan fingerprint density at radius 2 is 1.87 bits per heavy atom. The number of rotatable bonds is 1. The maximum atomic E-state index is 12.3. The standard InChI is InChI=1S/C19H27N5O7/c1-17(2)27-6-8-10(29-17)11-12(31-18(3,4)30-11)19(5,26)15(28-8)24-7-21-9-13(24)22-16(20)23-14(9)25/h7-8,10-12,15,26H,6H2,1-5H3,(H3,20,22,23,25)/t8?,10-,11+,12?,15-,19-/m1/s1. The van der Waals surface area contributed by atoms with Crippen LogP contribution in [0.4, 0.5) is 5.95 Å². The lowest BCUT2D eigenvalue weighted by molar-refractivity contribution is -0.334. The first-order valence-electron chi connectivity index (χ1n) is 10.2. The topological polar surface area (TPSA) is 156 Å². The summed E-state index contributed by atoms with van der Waals surface area (Å²) in [7, 11) is 0. The van der Waals surface area contributed by atoms with Gasteiger partial charge in [0.1, 0.15) is 30.0 Å². The molecule has 2 aromatic heterocycles. The van der Waals surface area contributed by atoms with Crippen LogP contribution >= 0.6 is 0 Å². The Morgan fingerprint density at radius 3 is 2.61 bits per heavy atom. The van der Waals surface area contributed by atoms with Gasteiger partial charge in [-0.05, 0) is 34.6 Å². The van der Waals surface area contributed by atoms with Crippen LogP contribution in [0.2, 0.25) is 0 Å². The Labute approximate surface area is 177 Å². The highest BCUT2D eigenvalue weighted by molar-refractivity contribution is 5.70. The lowest BCUT2D eigenvalue weighted by Gasteiger charge is -2.42. The molecule has 3 aliphatic rings. The first-order valence-corrected chi connectivity index (χ1v) is 10.2. The van der Waals surface area contributed by atoms with E-state index in [1.807, 2.05) is 13.8 Å². The molecule has 0 aromatic carbocycles. The molecule has 4 N–H and O–H groups in total. The van der Waals surface area contributed by atoms with Crippen molar-refractivity contribution in [1.82, 2.24) is 19.5 Å². The molecule has 12 heteroatoms. The molecular weight excluding hydrogens is 410 g/mol. The first-order chi connectivity index (χ1) is 14.4. The number of imidazole rings is 1. The van der Waals surface area contributed by atoms with Crippen LogP contribution in [0.3, 0.4) is 0 Å². The van der Waals surface area contributed by atoms with Gasteiger partial charge < -0.3 is 34.5 Å². The third kappa shape index (κ3) is 3.25. The van der Waals surface area contributed by atoms with E-state index in [2.05, 4.69) is 15.0 Å². The van der Waals surface area contributed by atoms with Gasteiger partial charge in [0.2, 0.25) is 5.95 Å². The van der Waals surface area contributed by atoms with E-state index in [4.69, 9.17) is 29.4 Å². The average molecular weight is 437 g/mol. The minimum atomic E-state index is -1.62. The van der Waals surface area contributed by atoms with Crippen LogP contribution in [-0.4, -0.2) is 72.8 Å². The van der Waals surface area contributed by atoms with Crippen LogP contribution in [0.25, 0.3) is 11.2 Å². The van der Waals surface area contributed by atoms with Crippen LogP contribution in [0.15, 0.2) is 11.1 Å². The Bertz CT molecular complexity index is 1080. The van der Waals surface area contributed by atoms with Gasteiger partial charge in [0.25, 0.3) is 5.56 Å². The number of fused-ring (bicyclic) bond motifs is 4. The number of H-pyrrole nitrogens is 1. The van der Waals surface area contributed by atoms with E-state index in [1.165, 1.54) is 10.9 Å². The van der Waals surface area contributed by atoms with E-state index in [9.17, 15) is 9.90 Å². The van der Waals surface area contributed by atoms with Gasteiger partial charge in [-0.2, -0.15) is 4.98 Å². The number of nitrogens with zero attached hydrogens (tertiary/aromatic N) is 3. The summed E-state index contributed by atoms with van der Waals surface area (Å²) in [5.41, 5.74) is 3.89. The van der Waals surface area contributed by atoms with Gasteiger partial charge in [-0.1, -0.05) is 0 Å². The monoisotopic (exact) mass is 437 g/mol. The highest BCUT2D eigenvalue weighted by Crippen LogP contribution is 2.47. The van der Waals surface area contributed by atoms with Gasteiger partial charge in [0.15, 0.2) is 29.0 Å². The lowest BCUT2D eigenvalue weighted by atomic mass is 9.90. The van der Waals surface area contributed by atoms with Gasteiger partial charge in [-0.3, -0.25) is 14.3 Å².